The first-order chi connectivity index (χ1) is 8.65. The van der Waals surface area contributed by atoms with E-state index in [2.05, 4.69) is 5.32 Å². The molecule has 2 aromatic rings. The van der Waals surface area contributed by atoms with Crippen LogP contribution in [0.15, 0.2) is 36.4 Å². The summed E-state index contributed by atoms with van der Waals surface area (Å²) >= 11 is 12.0. The summed E-state index contributed by atoms with van der Waals surface area (Å²) in [5.41, 5.74) is 3.66. The van der Waals surface area contributed by atoms with Crippen molar-refractivity contribution in [2.75, 3.05) is 5.32 Å². The van der Waals surface area contributed by atoms with Gasteiger partial charge in [-0.1, -0.05) is 41.4 Å². The van der Waals surface area contributed by atoms with Gasteiger partial charge in [0, 0.05) is 21.2 Å². The molecule has 0 radical (unpaired) electrons. The van der Waals surface area contributed by atoms with E-state index in [0.717, 1.165) is 22.4 Å². The Balaban J connectivity index is 2.17. The monoisotopic (exact) mass is 277 g/mol. The first-order valence-corrected chi connectivity index (χ1v) is 6.28. The average molecular weight is 278 g/mol. The Hall–Kier alpha value is -1.51. The normalized spacial score (nSPS) is 13.3. The molecule has 1 N–H and O–H groups in total. The summed E-state index contributed by atoms with van der Waals surface area (Å²) in [5.74, 6) is -0.0201. The van der Waals surface area contributed by atoms with Crippen molar-refractivity contribution in [3.8, 4) is 11.1 Å². The van der Waals surface area contributed by atoms with E-state index in [9.17, 15) is 4.79 Å². The molecule has 1 heterocycles. The molecule has 90 valence electrons. The lowest BCUT2D eigenvalue weighted by molar-refractivity contribution is -0.115. The molecule has 0 saturated heterocycles. The Labute approximate surface area is 115 Å². The molecule has 2 nitrogen and oxygen atoms in total. The maximum Gasteiger partial charge on any atom is 0.228 e. The fourth-order valence-corrected chi connectivity index (χ4v) is 2.50. The Morgan fingerprint density at radius 3 is 2.44 bits per heavy atom. The first kappa shape index (κ1) is 11.6. The zero-order valence-electron chi connectivity index (χ0n) is 9.34. The van der Waals surface area contributed by atoms with E-state index in [1.807, 2.05) is 36.4 Å². The molecular formula is C14H9Cl2NO. The molecule has 0 atom stereocenters. The van der Waals surface area contributed by atoms with E-state index in [4.69, 9.17) is 23.2 Å². The van der Waals surface area contributed by atoms with Crippen molar-refractivity contribution in [2.24, 2.45) is 0 Å². The Morgan fingerprint density at radius 1 is 1.00 bits per heavy atom. The van der Waals surface area contributed by atoms with Crippen molar-refractivity contribution >= 4 is 34.8 Å². The van der Waals surface area contributed by atoms with Crippen LogP contribution in [0.3, 0.4) is 0 Å². The highest BCUT2D eigenvalue weighted by atomic mass is 35.5. The standard InChI is InChI=1S/C14H9Cl2NO/c15-9-3-1-8(2-4-9)10-5-6-12(16)11-7-13(18)17-14(10)11/h1-6H,7H2,(H,17,18). The minimum Gasteiger partial charge on any atom is -0.325 e. The molecule has 0 aromatic heterocycles. The zero-order valence-corrected chi connectivity index (χ0v) is 10.8. The topological polar surface area (TPSA) is 29.1 Å². The number of hydrogen-bond donors (Lipinski definition) is 1. The Bertz CT molecular complexity index is 635. The molecule has 0 bridgehead atoms. The number of rotatable bonds is 1. The number of carbonyl (C=O) groups excluding carboxylic acids is 1. The van der Waals surface area contributed by atoms with E-state index < -0.39 is 0 Å². The Kier molecular flexibility index (Phi) is 2.77. The SMILES string of the molecule is O=C1Cc2c(Cl)ccc(-c3ccc(Cl)cc3)c2N1. The molecule has 0 spiro atoms. The van der Waals surface area contributed by atoms with Crippen LogP contribution >= 0.6 is 23.2 Å². The number of fused-ring (bicyclic) bond motifs is 1. The molecule has 1 aliphatic heterocycles. The fraction of sp³-hybridized carbons (Fsp3) is 0.0714. The molecule has 1 aliphatic rings. The number of nitrogens with one attached hydrogen (secondary N) is 1. The third-order valence-electron chi connectivity index (χ3n) is 3.01. The van der Waals surface area contributed by atoms with Crippen LogP contribution in [0.25, 0.3) is 11.1 Å². The third-order valence-corrected chi connectivity index (χ3v) is 3.62. The van der Waals surface area contributed by atoms with Gasteiger partial charge < -0.3 is 5.32 Å². The molecule has 0 unspecified atom stereocenters. The minimum atomic E-state index is -0.0201. The molecule has 2 aromatic carbocycles. The highest BCUT2D eigenvalue weighted by Gasteiger charge is 2.23. The maximum absolute atomic E-state index is 11.5. The van der Waals surface area contributed by atoms with E-state index >= 15 is 0 Å². The van der Waals surface area contributed by atoms with Crippen molar-refractivity contribution in [1.29, 1.82) is 0 Å². The van der Waals surface area contributed by atoms with Crippen LogP contribution in [0.4, 0.5) is 5.69 Å². The molecular weight excluding hydrogens is 269 g/mol. The Morgan fingerprint density at radius 2 is 1.72 bits per heavy atom. The van der Waals surface area contributed by atoms with Crippen molar-refractivity contribution in [2.45, 2.75) is 6.42 Å². The molecule has 3 rings (SSSR count). The van der Waals surface area contributed by atoms with E-state index in [1.165, 1.54) is 0 Å². The van der Waals surface area contributed by atoms with E-state index in [1.54, 1.807) is 0 Å². The smallest absolute Gasteiger partial charge is 0.228 e. The quantitative estimate of drug-likeness (QED) is 0.834. The van der Waals surface area contributed by atoms with Gasteiger partial charge in [0.1, 0.15) is 0 Å². The number of amides is 1. The summed E-state index contributed by atoms with van der Waals surface area (Å²) in [5, 5.41) is 4.18. The van der Waals surface area contributed by atoms with Crippen LogP contribution in [0, 0.1) is 0 Å². The van der Waals surface area contributed by atoms with Gasteiger partial charge in [-0.15, -0.1) is 0 Å². The largest absolute Gasteiger partial charge is 0.325 e. The predicted octanol–water partition coefficient (Wildman–Crippen LogP) is 4.16. The molecule has 0 saturated carbocycles. The second kappa shape index (κ2) is 4.30. The summed E-state index contributed by atoms with van der Waals surface area (Å²) < 4.78 is 0. The van der Waals surface area contributed by atoms with Crippen LogP contribution < -0.4 is 5.32 Å². The summed E-state index contributed by atoms with van der Waals surface area (Å²) in [6.07, 6.45) is 0.343. The lowest BCUT2D eigenvalue weighted by Gasteiger charge is -2.09. The zero-order chi connectivity index (χ0) is 12.7. The van der Waals surface area contributed by atoms with Gasteiger partial charge in [0.05, 0.1) is 12.1 Å². The second-order valence-corrected chi connectivity index (χ2v) is 5.02. The lowest BCUT2D eigenvalue weighted by atomic mass is 10.0. The number of halogens is 2. The van der Waals surface area contributed by atoms with Gasteiger partial charge in [-0.3, -0.25) is 4.79 Å². The fourth-order valence-electron chi connectivity index (χ4n) is 2.15. The molecule has 18 heavy (non-hydrogen) atoms. The van der Waals surface area contributed by atoms with Gasteiger partial charge in [-0.25, -0.2) is 0 Å². The lowest BCUT2D eigenvalue weighted by Crippen LogP contribution is -2.04. The second-order valence-electron chi connectivity index (χ2n) is 4.18. The first-order valence-electron chi connectivity index (χ1n) is 5.52. The van der Waals surface area contributed by atoms with Gasteiger partial charge in [0.15, 0.2) is 0 Å². The number of benzene rings is 2. The van der Waals surface area contributed by atoms with E-state index in [-0.39, 0.29) is 5.91 Å². The molecule has 0 fully saturated rings. The van der Waals surface area contributed by atoms with Crippen molar-refractivity contribution in [3.05, 3.63) is 52.0 Å². The van der Waals surface area contributed by atoms with Gasteiger partial charge in [0.25, 0.3) is 0 Å². The third kappa shape index (κ3) is 1.88. The molecule has 4 heteroatoms. The van der Waals surface area contributed by atoms with Crippen molar-refractivity contribution in [1.82, 2.24) is 0 Å². The molecule has 1 amide bonds. The maximum atomic E-state index is 11.5. The minimum absolute atomic E-state index is 0.0201. The predicted molar refractivity (Wildman–Crippen MR) is 74.2 cm³/mol. The highest BCUT2D eigenvalue weighted by molar-refractivity contribution is 6.33. The van der Waals surface area contributed by atoms with Gasteiger partial charge in [-0.05, 0) is 23.8 Å². The summed E-state index contributed by atoms with van der Waals surface area (Å²) in [6, 6.07) is 11.2. The number of hydrogen-bond acceptors (Lipinski definition) is 1. The number of carbonyl (C=O) groups is 1. The van der Waals surface area contributed by atoms with Gasteiger partial charge in [0.2, 0.25) is 5.91 Å². The van der Waals surface area contributed by atoms with Crippen LogP contribution in [-0.2, 0) is 11.2 Å². The number of anilines is 1. The average Bonchev–Trinajstić information content (AvgIpc) is 2.74. The van der Waals surface area contributed by atoms with Gasteiger partial charge in [-0.2, -0.15) is 0 Å². The summed E-state index contributed by atoms with van der Waals surface area (Å²) in [6.45, 7) is 0. The summed E-state index contributed by atoms with van der Waals surface area (Å²) in [4.78, 5) is 11.5. The van der Waals surface area contributed by atoms with Crippen molar-refractivity contribution < 1.29 is 4.79 Å². The van der Waals surface area contributed by atoms with Crippen LogP contribution in [-0.4, -0.2) is 5.91 Å². The van der Waals surface area contributed by atoms with Crippen LogP contribution in [0.2, 0.25) is 10.0 Å². The van der Waals surface area contributed by atoms with Crippen LogP contribution in [0.5, 0.6) is 0 Å². The molecule has 0 aliphatic carbocycles. The van der Waals surface area contributed by atoms with Gasteiger partial charge >= 0.3 is 0 Å². The summed E-state index contributed by atoms with van der Waals surface area (Å²) in [7, 11) is 0. The van der Waals surface area contributed by atoms with Crippen LogP contribution in [0.1, 0.15) is 5.56 Å². The van der Waals surface area contributed by atoms with E-state index in [0.29, 0.717) is 16.5 Å². The van der Waals surface area contributed by atoms with Crippen molar-refractivity contribution in [3.63, 3.8) is 0 Å². The highest BCUT2D eigenvalue weighted by Crippen LogP contribution is 2.38.